The van der Waals surface area contributed by atoms with E-state index in [9.17, 15) is 9.59 Å². The summed E-state index contributed by atoms with van der Waals surface area (Å²) in [6, 6.07) is 10.4. The number of anilines is 1. The van der Waals surface area contributed by atoms with E-state index in [-0.39, 0.29) is 18.1 Å². The molecule has 2 aromatic carbocycles. The summed E-state index contributed by atoms with van der Waals surface area (Å²) in [4.78, 5) is 25.6. The van der Waals surface area contributed by atoms with Gasteiger partial charge in [-0.3, -0.25) is 4.79 Å². The number of fused-ring (bicyclic) bond motifs is 1. The Morgan fingerprint density at radius 3 is 2.27 bits per heavy atom. The van der Waals surface area contributed by atoms with E-state index in [0.717, 1.165) is 31.1 Å². The zero-order valence-electron chi connectivity index (χ0n) is 19.0. The number of amides is 2. The van der Waals surface area contributed by atoms with Crippen molar-refractivity contribution in [3.8, 4) is 17.2 Å². The number of rotatable bonds is 7. The summed E-state index contributed by atoms with van der Waals surface area (Å²) >= 11 is 0. The Morgan fingerprint density at radius 1 is 1.03 bits per heavy atom. The largest absolute Gasteiger partial charge is 0.493 e. The van der Waals surface area contributed by atoms with E-state index in [4.69, 9.17) is 14.2 Å². The molecule has 33 heavy (non-hydrogen) atoms. The van der Waals surface area contributed by atoms with Gasteiger partial charge in [-0.1, -0.05) is 31.0 Å². The van der Waals surface area contributed by atoms with Gasteiger partial charge >= 0.3 is 6.03 Å². The molecule has 4 rings (SSSR count). The third-order valence-corrected chi connectivity index (χ3v) is 5.91. The van der Waals surface area contributed by atoms with Gasteiger partial charge in [0.25, 0.3) is 5.56 Å². The van der Waals surface area contributed by atoms with Crippen LogP contribution in [0.25, 0.3) is 10.8 Å². The van der Waals surface area contributed by atoms with Crippen molar-refractivity contribution in [3.05, 3.63) is 52.4 Å². The van der Waals surface area contributed by atoms with Crippen molar-refractivity contribution in [3.63, 3.8) is 0 Å². The highest BCUT2D eigenvalue weighted by atomic mass is 16.5. The van der Waals surface area contributed by atoms with Crippen LogP contribution in [0.2, 0.25) is 0 Å². The van der Waals surface area contributed by atoms with Crippen LogP contribution in [0.1, 0.15) is 37.4 Å². The smallest absolute Gasteiger partial charge is 0.319 e. The van der Waals surface area contributed by atoms with Crippen LogP contribution in [0.15, 0.2) is 41.2 Å². The number of ether oxygens (including phenoxy) is 3. The predicted molar refractivity (Wildman–Crippen MR) is 125 cm³/mol. The Hall–Kier alpha value is -3.75. The van der Waals surface area contributed by atoms with Crippen molar-refractivity contribution in [2.75, 3.05) is 26.6 Å². The maximum Gasteiger partial charge on any atom is 0.319 e. The van der Waals surface area contributed by atoms with Gasteiger partial charge in [0, 0.05) is 17.5 Å². The van der Waals surface area contributed by atoms with Crippen LogP contribution in [-0.2, 0) is 6.54 Å². The standard InChI is InChI=1S/C24H28N4O5/c1-31-20-12-15(13-21(32-2)22(20)33-3)26-24(30)25-14-19-17-10-6-7-11-18(17)23(29)28(27-19)16-8-4-5-9-16/h6-7,10-13,16H,4-5,8-9,14H2,1-3H3,(H2,25,26,30). The molecule has 1 fully saturated rings. The molecule has 0 spiro atoms. The molecule has 174 valence electrons. The first-order chi connectivity index (χ1) is 16.0. The third-order valence-electron chi connectivity index (χ3n) is 5.91. The van der Waals surface area contributed by atoms with Crippen LogP contribution in [0.4, 0.5) is 10.5 Å². The molecule has 1 aromatic heterocycles. The number of carbonyl (C=O) groups excluding carboxylic acids is 1. The van der Waals surface area contributed by atoms with Crippen LogP contribution in [0, 0.1) is 0 Å². The molecule has 0 aliphatic heterocycles. The highest BCUT2D eigenvalue weighted by Crippen LogP contribution is 2.39. The van der Waals surface area contributed by atoms with Gasteiger partial charge in [0.1, 0.15) is 0 Å². The highest BCUT2D eigenvalue weighted by Gasteiger charge is 2.22. The number of aromatic nitrogens is 2. The van der Waals surface area contributed by atoms with E-state index >= 15 is 0 Å². The van der Waals surface area contributed by atoms with E-state index in [2.05, 4.69) is 15.7 Å². The van der Waals surface area contributed by atoms with Crippen LogP contribution in [0.3, 0.4) is 0 Å². The number of urea groups is 1. The number of benzene rings is 2. The molecule has 2 N–H and O–H groups in total. The molecule has 0 bridgehead atoms. The molecule has 0 saturated heterocycles. The minimum atomic E-state index is -0.422. The first-order valence-electron chi connectivity index (χ1n) is 10.9. The topological polar surface area (TPSA) is 104 Å². The number of methoxy groups -OCH3 is 3. The average molecular weight is 453 g/mol. The maximum absolute atomic E-state index is 13.0. The Labute approximate surface area is 191 Å². The summed E-state index contributed by atoms with van der Waals surface area (Å²) in [5.74, 6) is 1.31. The predicted octanol–water partition coefficient (Wildman–Crippen LogP) is 3.86. The molecule has 1 aliphatic rings. The second-order valence-corrected chi connectivity index (χ2v) is 7.90. The molecule has 1 heterocycles. The highest BCUT2D eigenvalue weighted by molar-refractivity contribution is 5.90. The van der Waals surface area contributed by atoms with Crippen molar-refractivity contribution in [1.29, 1.82) is 0 Å². The van der Waals surface area contributed by atoms with Crippen molar-refractivity contribution in [1.82, 2.24) is 15.1 Å². The molecule has 2 amide bonds. The summed E-state index contributed by atoms with van der Waals surface area (Å²) in [5.41, 5.74) is 1.05. The summed E-state index contributed by atoms with van der Waals surface area (Å²) in [6.07, 6.45) is 4.08. The van der Waals surface area contributed by atoms with Crippen LogP contribution in [-0.4, -0.2) is 37.1 Å². The molecule has 0 atom stereocenters. The number of nitrogens with one attached hydrogen (secondary N) is 2. The zero-order chi connectivity index (χ0) is 23.4. The van der Waals surface area contributed by atoms with Crippen LogP contribution < -0.4 is 30.4 Å². The molecule has 0 unspecified atom stereocenters. The fraction of sp³-hybridized carbons (Fsp3) is 0.375. The first-order valence-corrected chi connectivity index (χ1v) is 10.9. The fourth-order valence-corrected chi connectivity index (χ4v) is 4.29. The number of hydrogen-bond donors (Lipinski definition) is 2. The van der Waals surface area contributed by atoms with Crippen molar-refractivity contribution in [2.24, 2.45) is 0 Å². The van der Waals surface area contributed by atoms with E-state index < -0.39 is 6.03 Å². The third kappa shape index (κ3) is 4.57. The summed E-state index contributed by atoms with van der Waals surface area (Å²) in [7, 11) is 4.54. The lowest BCUT2D eigenvalue weighted by Gasteiger charge is -2.17. The monoisotopic (exact) mass is 452 g/mol. The summed E-state index contributed by atoms with van der Waals surface area (Å²) in [5, 5.41) is 11.6. The van der Waals surface area contributed by atoms with Gasteiger partial charge in [0.15, 0.2) is 11.5 Å². The lowest BCUT2D eigenvalue weighted by molar-refractivity contribution is 0.251. The molecule has 9 nitrogen and oxygen atoms in total. The van der Waals surface area contributed by atoms with Crippen molar-refractivity contribution < 1.29 is 19.0 Å². The Bertz CT molecular complexity index is 1190. The molecule has 0 radical (unpaired) electrons. The normalized spacial score (nSPS) is 13.7. The molecule has 9 heteroatoms. The summed E-state index contributed by atoms with van der Waals surface area (Å²) in [6.45, 7) is 0.170. The second-order valence-electron chi connectivity index (χ2n) is 7.90. The molecule has 1 aliphatic carbocycles. The molecule has 1 saturated carbocycles. The minimum Gasteiger partial charge on any atom is -0.493 e. The van der Waals surface area contributed by atoms with Gasteiger partial charge in [0.05, 0.1) is 50.7 Å². The lowest BCUT2D eigenvalue weighted by Crippen LogP contribution is -2.32. The number of hydrogen-bond acceptors (Lipinski definition) is 6. The second kappa shape index (κ2) is 9.81. The van der Waals surface area contributed by atoms with Gasteiger partial charge in [-0.25, -0.2) is 9.48 Å². The van der Waals surface area contributed by atoms with E-state index in [1.807, 2.05) is 24.3 Å². The molecular weight excluding hydrogens is 424 g/mol. The van der Waals surface area contributed by atoms with Crippen LogP contribution in [0.5, 0.6) is 17.2 Å². The van der Waals surface area contributed by atoms with Gasteiger partial charge in [-0.2, -0.15) is 5.10 Å². The molecular formula is C24H28N4O5. The first kappa shape index (κ1) is 22.4. The molecule has 3 aromatic rings. The van der Waals surface area contributed by atoms with Gasteiger partial charge < -0.3 is 24.8 Å². The average Bonchev–Trinajstić information content (AvgIpc) is 3.38. The van der Waals surface area contributed by atoms with Gasteiger partial charge in [0.2, 0.25) is 5.75 Å². The minimum absolute atomic E-state index is 0.0804. The van der Waals surface area contributed by atoms with Crippen LogP contribution >= 0.6 is 0 Å². The Morgan fingerprint density at radius 2 is 1.67 bits per heavy atom. The van der Waals surface area contributed by atoms with Gasteiger partial charge in [-0.15, -0.1) is 0 Å². The van der Waals surface area contributed by atoms with E-state index in [1.54, 1.807) is 16.8 Å². The van der Waals surface area contributed by atoms with E-state index in [1.165, 1.54) is 21.3 Å². The van der Waals surface area contributed by atoms with E-state index in [0.29, 0.717) is 34.0 Å². The number of nitrogens with zero attached hydrogens (tertiary/aromatic N) is 2. The quantitative estimate of drug-likeness (QED) is 0.564. The zero-order valence-corrected chi connectivity index (χ0v) is 19.0. The van der Waals surface area contributed by atoms with Crippen molar-refractivity contribution >= 4 is 22.5 Å². The lowest BCUT2D eigenvalue weighted by atomic mass is 10.1. The summed E-state index contributed by atoms with van der Waals surface area (Å²) < 4.78 is 17.6. The SMILES string of the molecule is COc1cc(NC(=O)NCc2nn(C3CCCC3)c(=O)c3ccccc23)cc(OC)c1OC. The Balaban J connectivity index is 1.56. The number of carbonyl (C=O) groups is 1. The van der Waals surface area contributed by atoms with Gasteiger partial charge in [-0.05, 0) is 18.9 Å². The maximum atomic E-state index is 13.0. The fourth-order valence-electron chi connectivity index (χ4n) is 4.29. The Kier molecular flexibility index (Phi) is 6.67. The van der Waals surface area contributed by atoms with Crippen molar-refractivity contribution in [2.45, 2.75) is 38.3 Å².